The van der Waals surface area contributed by atoms with E-state index in [0.29, 0.717) is 42.8 Å². The maximum atomic E-state index is 13.6. The number of hydrogen-bond acceptors (Lipinski definition) is 7. The zero-order valence-electron chi connectivity index (χ0n) is 26.7. The van der Waals surface area contributed by atoms with Crippen molar-refractivity contribution in [3.05, 3.63) is 166 Å². The fraction of sp³-hybridized carbons (Fsp3) is 0.171. The highest BCUT2D eigenvalue weighted by Gasteiger charge is 2.32. The highest BCUT2D eigenvalue weighted by molar-refractivity contribution is 6.14. The van der Waals surface area contributed by atoms with Crippen LogP contribution in [0.1, 0.15) is 77.4 Å². The first-order valence-electron chi connectivity index (χ1n) is 16.2. The Bertz CT molecular complexity index is 1910. The second-order valence-corrected chi connectivity index (χ2v) is 11.8. The summed E-state index contributed by atoms with van der Waals surface area (Å²) in [7, 11) is 0. The Morgan fingerprint density at radius 1 is 0.653 bits per heavy atom. The average Bonchev–Trinajstić information content (AvgIpc) is 3.59. The zero-order valence-corrected chi connectivity index (χ0v) is 26.7. The van der Waals surface area contributed by atoms with E-state index in [1.807, 2.05) is 60.7 Å². The minimum absolute atomic E-state index is 0.155. The van der Waals surface area contributed by atoms with E-state index in [0.717, 1.165) is 17.5 Å². The van der Waals surface area contributed by atoms with E-state index in [1.165, 1.54) is 24.3 Å². The number of ketones is 1. The SMILES string of the molecule is O=Cc1cccc(OCc2ccccc2)c1C(=O)c1ccc(C(=O)O[C@@H]2CCC[C@H]2NC(=O)c2ccc(OCc3ccccc3)cc2)cc1. The molecule has 6 rings (SSSR count). The average molecular weight is 654 g/mol. The quantitative estimate of drug-likeness (QED) is 0.0802. The van der Waals surface area contributed by atoms with Crippen molar-refractivity contribution >= 4 is 23.9 Å². The number of carbonyl (C=O) groups is 4. The van der Waals surface area contributed by atoms with Crippen LogP contribution in [0.15, 0.2) is 127 Å². The molecule has 49 heavy (non-hydrogen) atoms. The molecule has 0 saturated heterocycles. The molecule has 1 amide bonds. The fourth-order valence-corrected chi connectivity index (χ4v) is 5.78. The summed E-state index contributed by atoms with van der Waals surface area (Å²) >= 11 is 0. The predicted molar refractivity (Wildman–Crippen MR) is 184 cm³/mol. The van der Waals surface area contributed by atoms with Gasteiger partial charge in [-0.2, -0.15) is 0 Å². The van der Waals surface area contributed by atoms with Crippen LogP contribution in [0.3, 0.4) is 0 Å². The van der Waals surface area contributed by atoms with Gasteiger partial charge in [0.15, 0.2) is 12.1 Å². The summed E-state index contributed by atoms with van der Waals surface area (Å²) in [5.74, 6) is -0.257. The molecule has 1 N–H and O–H groups in total. The number of amides is 1. The number of carbonyl (C=O) groups excluding carboxylic acids is 4. The Labute approximate surface area is 284 Å². The number of benzene rings is 5. The third-order valence-corrected chi connectivity index (χ3v) is 8.42. The maximum absolute atomic E-state index is 13.6. The van der Waals surface area contributed by atoms with Crippen molar-refractivity contribution in [3.8, 4) is 11.5 Å². The van der Waals surface area contributed by atoms with Gasteiger partial charge in [0.25, 0.3) is 5.91 Å². The summed E-state index contributed by atoms with van der Waals surface area (Å²) in [4.78, 5) is 51.6. The standard InChI is InChI=1S/C41H35NO7/c43-25-33-13-7-16-37(48-27-29-11-5-2-6-12-29)38(33)39(44)30-17-19-32(20-18-30)41(46)49-36-15-8-14-35(36)42-40(45)31-21-23-34(24-22-31)47-26-28-9-3-1-4-10-28/h1-7,9-13,16-25,35-36H,8,14-15,26-27H2,(H,42,45)/t35-,36-/m1/s1. The van der Waals surface area contributed by atoms with Crippen LogP contribution in [-0.2, 0) is 18.0 Å². The van der Waals surface area contributed by atoms with E-state index in [-0.39, 0.29) is 40.8 Å². The molecular weight excluding hydrogens is 618 g/mol. The monoisotopic (exact) mass is 653 g/mol. The summed E-state index contributed by atoms with van der Waals surface area (Å²) < 4.78 is 17.6. The van der Waals surface area contributed by atoms with Crippen LogP contribution in [0.25, 0.3) is 0 Å². The van der Waals surface area contributed by atoms with E-state index < -0.39 is 17.9 Å². The first-order valence-corrected chi connectivity index (χ1v) is 16.2. The summed E-state index contributed by atoms with van der Waals surface area (Å²) in [5, 5.41) is 3.02. The van der Waals surface area contributed by atoms with E-state index >= 15 is 0 Å². The number of ether oxygens (including phenoxy) is 3. The molecule has 1 fully saturated rings. The van der Waals surface area contributed by atoms with Crippen molar-refractivity contribution in [3.63, 3.8) is 0 Å². The van der Waals surface area contributed by atoms with Crippen LogP contribution < -0.4 is 14.8 Å². The lowest BCUT2D eigenvalue weighted by molar-refractivity contribution is 0.0250. The molecule has 1 aliphatic carbocycles. The smallest absolute Gasteiger partial charge is 0.338 e. The van der Waals surface area contributed by atoms with Crippen molar-refractivity contribution in [1.29, 1.82) is 0 Å². The number of hydrogen-bond donors (Lipinski definition) is 1. The molecule has 0 bridgehead atoms. The molecule has 0 unspecified atom stereocenters. The lowest BCUT2D eigenvalue weighted by atomic mass is 9.97. The second kappa shape index (κ2) is 15.7. The lowest BCUT2D eigenvalue weighted by Gasteiger charge is -2.21. The minimum atomic E-state index is -0.551. The molecule has 8 heteroatoms. The molecule has 0 heterocycles. The van der Waals surface area contributed by atoms with Crippen LogP contribution >= 0.6 is 0 Å². The van der Waals surface area contributed by atoms with Gasteiger partial charge in [-0.1, -0.05) is 84.9 Å². The first kappa shape index (κ1) is 32.9. The largest absolute Gasteiger partial charge is 0.489 e. The van der Waals surface area contributed by atoms with Gasteiger partial charge in [0.1, 0.15) is 30.8 Å². The van der Waals surface area contributed by atoms with E-state index in [4.69, 9.17) is 14.2 Å². The van der Waals surface area contributed by atoms with Crippen molar-refractivity contribution < 1.29 is 33.4 Å². The van der Waals surface area contributed by atoms with Crippen molar-refractivity contribution in [2.24, 2.45) is 0 Å². The third-order valence-electron chi connectivity index (χ3n) is 8.42. The highest BCUT2D eigenvalue weighted by atomic mass is 16.5. The Hall–Kier alpha value is -6.02. The van der Waals surface area contributed by atoms with Gasteiger partial charge < -0.3 is 19.5 Å². The van der Waals surface area contributed by atoms with Gasteiger partial charge in [0.2, 0.25) is 0 Å². The van der Waals surface area contributed by atoms with Gasteiger partial charge in [0, 0.05) is 16.7 Å². The third kappa shape index (κ3) is 8.29. The Morgan fingerprint density at radius 3 is 1.92 bits per heavy atom. The molecule has 0 spiro atoms. The van der Waals surface area contributed by atoms with Gasteiger partial charge in [-0.3, -0.25) is 14.4 Å². The molecule has 5 aromatic carbocycles. The molecule has 8 nitrogen and oxygen atoms in total. The number of esters is 1. The number of rotatable bonds is 13. The van der Waals surface area contributed by atoms with Gasteiger partial charge in [-0.05, 0) is 72.9 Å². The van der Waals surface area contributed by atoms with Crippen LogP contribution in [-0.4, -0.2) is 36.1 Å². The normalized spacial score (nSPS) is 15.2. The first-order chi connectivity index (χ1) is 24.0. The van der Waals surface area contributed by atoms with Crippen LogP contribution in [0.2, 0.25) is 0 Å². The molecule has 5 aromatic rings. The fourth-order valence-electron chi connectivity index (χ4n) is 5.78. The van der Waals surface area contributed by atoms with Gasteiger partial charge >= 0.3 is 5.97 Å². The van der Waals surface area contributed by atoms with Crippen LogP contribution in [0.5, 0.6) is 11.5 Å². The van der Waals surface area contributed by atoms with E-state index in [9.17, 15) is 19.2 Å². The van der Waals surface area contributed by atoms with E-state index in [1.54, 1.807) is 42.5 Å². The van der Waals surface area contributed by atoms with Crippen LogP contribution in [0.4, 0.5) is 0 Å². The maximum Gasteiger partial charge on any atom is 0.338 e. The summed E-state index contributed by atoms with van der Waals surface area (Å²) in [6.45, 7) is 0.660. The van der Waals surface area contributed by atoms with Gasteiger partial charge in [-0.25, -0.2) is 4.79 Å². The molecule has 0 radical (unpaired) electrons. The van der Waals surface area contributed by atoms with Crippen molar-refractivity contribution in [1.82, 2.24) is 5.32 Å². The molecule has 2 atom stereocenters. The Kier molecular flexibility index (Phi) is 10.6. The Morgan fingerprint density at radius 2 is 1.27 bits per heavy atom. The van der Waals surface area contributed by atoms with E-state index in [2.05, 4.69) is 5.32 Å². The molecule has 246 valence electrons. The van der Waals surface area contributed by atoms with Gasteiger partial charge in [0.05, 0.1) is 17.2 Å². The second-order valence-electron chi connectivity index (χ2n) is 11.8. The summed E-state index contributed by atoms with van der Waals surface area (Å²) in [6.07, 6.45) is 2.23. The Balaban J connectivity index is 1.05. The van der Waals surface area contributed by atoms with Crippen molar-refractivity contribution in [2.75, 3.05) is 0 Å². The molecular formula is C41H35NO7. The molecule has 0 aromatic heterocycles. The molecule has 1 aliphatic rings. The van der Waals surface area contributed by atoms with Crippen LogP contribution in [0, 0.1) is 0 Å². The zero-order chi connectivity index (χ0) is 34.0. The molecule has 0 aliphatic heterocycles. The molecule has 1 saturated carbocycles. The van der Waals surface area contributed by atoms with Gasteiger partial charge in [-0.15, -0.1) is 0 Å². The summed E-state index contributed by atoms with van der Waals surface area (Å²) in [6, 6.07) is 36.9. The minimum Gasteiger partial charge on any atom is -0.489 e. The predicted octanol–water partition coefficient (Wildman–Crippen LogP) is 7.40. The lowest BCUT2D eigenvalue weighted by Crippen LogP contribution is -2.41. The number of nitrogens with one attached hydrogen (secondary N) is 1. The highest BCUT2D eigenvalue weighted by Crippen LogP contribution is 2.27. The topological polar surface area (TPSA) is 108 Å². The number of aldehydes is 1. The summed E-state index contributed by atoms with van der Waals surface area (Å²) in [5.41, 5.74) is 3.37. The van der Waals surface area contributed by atoms with Crippen molar-refractivity contribution in [2.45, 2.75) is 44.6 Å².